The Morgan fingerprint density at radius 2 is 2.00 bits per heavy atom. The van der Waals surface area contributed by atoms with E-state index in [4.69, 9.17) is 4.74 Å². The molecule has 2 aromatic carbocycles. The number of unbranched alkanes of at least 4 members (excludes halogenated alkanes) is 1. The van der Waals surface area contributed by atoms with E-state index >= 15 is 0 Å². The lowest BCUT2D eigenvalue weighted by molar-refractivity contribution is 0.0998. The van der Waals surface area contributed by atoms with Gasteiger partial charge in [-0.1, -0.05) is 43.7 Å². The number of carbonyl (C=O) groups is 2. The number of carbonyl (C=O) groups excluding carboxylic acids is 2. The van der Waals surface area contributed by atoms with Crippen LogP contribution in [-0.2, 0) is 0 Å². The second-order valence-electron chi connectivity index (χ2n) is 8.41. The van der Waals surface area contributed by atoms with Gasteiger partial charge in [-0.2, -0.15) is 0 Å². The molecule has 1 aliphatic rings. The van der Waals surface area contributed by atoms with Crippen molar-refractivity contribution in [3.05, 3.63) is 72.2 Å². The minimum atomic E-state index is -0.395. The van der Waals surface area contributed by atoms with E-state index in [2.05, 4.69) is 32.2 Å². The van der Waals surface area contributed by atoms with E-state index < -0.39 is 5.91 Å². The maximum Gasteiger partial charge on any atom is 0.276 e. The molecule has 8 heteroatoms. The summed E-state index contributed by atoms with van der Waals surface area (Å²) < 4.78 is 5.88. The number of rotatable bonds is 9. The first-order valence-electron chi connectivity index (χ1n) is 11.7. The highest BCUT2D eigenvalue weighted by molar-refractivity contribution is 6.16. The van der Waals surface area contributed by atoms with E-state index in [0.29, 0.717) is 35.4 Å². The smallest absolute Gasteiger partial charge is 0.276 e. The summed E-state index contributed by atoms with van der Waals surface area (Å²) in [5, 5.41) is 4.64. The van der Waals surface area contributed by atoms with E-state index in [1.165, 1.54) is 0 Å². The Labute approximate surface area is 202 Å². The molecule has 35 heavy (non-hydrogen) atoms. The molecule has 0 fully saturated rings. The molecule has 5 rings (SSSR count). The predicted octanol–water partition coefficient (Wildman–Crippen LogP) is 5.47. The van der Waals surface area contributed by atoms with Gasteiger partial charge >= 0.3 is 0 Å². The van der Waals surface area contributed by atoms with E-state index in [1.54, 1.807) is 30.6 Å². The molecule has 0 saturated heterocycles. The van der Waals surface area contributed by atoms with Crippen molar-refractivity contribution >= 4 is 45.2 Å². The number of pyridine rings is 1. The third-order valence-corrected chi connectivity index (χ3v) is 5.80. The summed E-state index contributed by atoms with van der Waals surface area (Å²) in [5.74, 6) is 0.325. The predicted molar refractivity (Wildman–Crippen MR) is 136 cm³/mol. The number of allylic oxidation sites excluding steroid dienone is 1. The van der Waals surface area contributed by atoms with Crippen molar-refractivity contribution in [2.24, 2.45) is 4.99 Å². The Morgan fingerprint density at radius 3 is 2.80 bits per heavy atom. The van der Waals surface area contributed by atoms with Gasteiger partial charge in [-0.3, -0.25) is 24.9 Å². The van der Waals surface area contributed by atoms with Gasteiger partial charge in [0.05, 0.1) is 12.1 Å². The molecule has 0 atom stereocenters. The number of ketones is 1. The minimum Gasteiger partial charge on any atom is -0.493 e. The normalized spacial score (nSPS) is 12.8. The molecule has 2 aromatic heterocycles. The lowest BCUT2D eigenvalue weighted by Gasteiger charge is -2.08. The second-order valence-corrected chi connectivity index (χ2v) is 8.41. The van der Waals surface area contributed by atoms with Crippen molar-refractivity contribution in [3.8, 4) is 5.75 Å². The van der Waals surface area contributed by atoms with Crippen molar-refractivity contribution in [2.75, 3.05) is 11.9 Å². The minimum absolute atomic E-state index is 0.0982. The van der Waals surface area contributed by atoms with Crippen LogP contribution in [0.25, 0.3) is 21.8 Å². The lowest BCUT2D eigenvalue weighted by atomic mass is 10.0. The fraction of sp³-hybridized carbons (Fsp3) is 0.222. The van der Waals surface area contributed by atoms with Crippen LogP contribution in [0.4, 0.5) is 5.95 Å². The van der Waals surface area contributed by atoms with Crippen molar-refractivity contribution in [1.29, 1.82) is 0 Å². The number of nitrogens with zero attached hydrogens (tertiary/aromatic N) is 3. The number of hydrogen-bond donors (Lipinski definition) is 2. The Kier molecular flexibility index (Phi) is 6.34. The zero-order valence-corrected chi connectivity index (χ0v) is 19.4. The highest BCUT2D eigenvalue weighted by Gasteiger charge is 2.20. The van der Waals surface area contributed by atoms with Crippen LogP contribution in [0, 0.1) is 0 Å². The third kappa shape index (κ3) is 4.96. The number of hydrogen-bond acceptors (Lipinski definition) is 6. The molecular weight excluding hydrogens is 442 g/mol. The number of anilines is 1. The second kappa shape index (κ2) is 9.89. The fourth-order valence-electron chi connectivity index (χ4n) is 3.96. The first-order valence-corrected chi connectivity index (χ1v) is 11.7. The topological polar surface area (TPSA) is 109 Å². The standard InChI is InChI=1S/C27H25N5O3/c1-2-3-11-35-20-14-21(24(33)13-19-9-6-10-28-19)25-22(15-20)30-27(31-25)32-26(34)23-12-17-7-4-5-8-18(17)16-29-23/h4-8,10,12,14-16H,2-3,9,11,13H2,1H3,(H2,30,31,32,34). The number of aliphatic imine (C=N–C) groups is 1. The lowest BCUT2D eigenvalue weighted by Crippen LogP contribution is -2.14. The number of ether oxygens (including phenoxy) is 1. The quantitative estimate of drug-likeness (QED) is 0.250. The number of aromatic amines is 1. The van der Waals surface area contributed by atoms with Gasteiger partial charge in [0.1, 0.15) is 17.0 Å². The molecule has 0 unspecified atom stereocenters. The van der Waals surface area contributed by atoms with Crippen molar-refractivity contribution < 1.29 is 14.3 Å². The average Bonchev–Trinajstić information content (AvgIpc) is 3.52. The summed E-state index contributed by atoms with van der Waals surface area (Å²) in [6.07, 6.45) is 8.09. The van der Waals surface area contributed by atoms with Crippen LogP contribution < -0.4 is 10.1 Å². The molecule has 176 valence electrons. The summed E-state index contributed by atoms with van der Waals surface area (Å²) in [6.45, 7) is 2.64. The number of amides is 1. The maximum atomic E-state index is 13.2. The molecule has 2 N–H and O–H groups in total. The van der Waals surface area contributed by atoms with E-state index in [1.807, 2.05) is 30.3 Å². The van der Waals surface area contributed by atoms with E-state index in [-0.39, 0.29) is 23.8 Å². The van der Waals surface area contributed by atoms with Crippen LogP contribution in [0.15, 0.2) is 65.9 Å². The van der Waals surface area contributed by atoms with Crippen LogP contribution >= 0.6 is 0 Å². The Hall–Kier alpha value is -4.33. The molecule has 0 radical (unpaired) electrons. The van der Waals surface area contributed by atoms with Gasteiger partial charge in [0.2, 0.25) is 5.95 Å². The van der Waals surface area contributed by atoms with Gasteiger partial charge in [-0.25, -0.2) is 4.98 Å². The molecule has 1 aliphatic heterocycles. The highest BCUT2D eigenvalue weighted by atomic mass is 16.5. The van der Waals surface area contributed by atoms with E-state index in [9.17, 15) is 9.59 Å². The summed E-state index contributed by atoms with van der Waals surface area (Å²) in [5.41, 5.74) is 2.61. The first-order chi connectivity index (χ1) is 17.1. The number of nitrogens with one attached hydrogen (secondary N) is 2. The van der Waals surface area contributed by atoms with Crippen LogP contribution in [0.5, 0.6) is 5.75 Å². The number of H-pyrrole nitrogens is 1. The van der Waals surface area contributed by atoms with Crippen LogP contribution in [0.2, 0.25) is 0 Å². The van der Waals surface area contributed by atoms with Gasteiger partial charge < -0.3 is 9.72 Å². The number of benzene rings is 2. The van der Waals surface area contributed by atoms with Gasteiger partial charge in [0.25, 0.3) is 5.91 Å². The van der Waals surface area contributed by atoms with Gasteiger partial charge in [-0.05, 0) is 23.9 Å². The Morgan fingerprint density at radius 1 is 1.14 bits per heavy atom. The molecule has 8 nitrogen and oxygen atoms in total. The molecule has 0 spiro atoms. The zero-order valence-electron chi connectivity index (χ0n) is 19.4. The number of fused-ring (bicyclic) bond motifs is 2. The maximum absolute atomic E-state index is 13.2. The Balaban J connectivity index is 1.44. The average molecular weight is 468 g/mol. The molecule has 1 amide bonds. The number of aromatic nitrogens is 3. The zero-order chi connectivity index (χ0) is 24.2. The van der Waals surface area contributed by atoms with Gasteiger partial charge in [-0.15, -0.1) is 0 Å². The summed E-state index contributed by atoms with van der Waals surface area (Å²) in [7, 11) is 0. The highest BCUT2D eigenvalue weighted by Crippen LogP contribution is 2.27. The van der Waals surface area contributed by atoms with Crippen molar-refractivity contribution in [1.82, 2.24) is 15.0 Å². The van der Waals surface area contributed by atoms with Crippen LogP contribution in [0.3, 0.4) is 0 Å². The summed E-state index contributed by atoms with van der Waals surface area (Å²) in [4.78, 5) is 42.2. The molecule has 3 heterocycles. The SMILES string of the molecule is CCCCOc1cc(C(=O)CC2=NC=CC2)c2nc(NC(=O)c3cc4ccccc4cn3)[nH]c2c1. The van der Waals surface area contributed by atoms with Crippen molar-refractivity contribution in [3.63, 3.8) is 0 Å². The fourth-order valence-corrected chi connectivity index (χ4v) is 3.96. The number of imidazole rings is 1. The largest absolute Gasteiger partial charge is 0.493 e. The third-order valence-electron chi connectivity index (χ3n) is 5.80. The Bertz CT molecular complexity index is 1480. The molecular formula is C27H25N5O3. The molecule has 0 bridgehead atoms. The monoisotopic (exact) mass is 467 g/mol. The van der Waals surface area contributed by atoms with E-state index in [0.717, 1.165) is 29.3 Å². The van der Waals surface area contributed by atoms with Gasteiger partial charge in [0.15, 0.2) is 5.78 Å². The van der Waals surface area contributed by atoms with Crippen LogP contribution in [0.1, 0.15) is 53.5 Å². The first kappa shape index (κ1) is 22.5. The van der Waals surface area contributed by atoms with Gasteiger partial charge in [0, 0.05) is 48.0 Å². The molecule has 0 aliphatic carbocycles. The molecule has 4 aromatic rings. The summed E-state index contributed by atoms with van der Waals surface area (Å²) in [6, 6.07) is 13.0. The van der Waals surface area contributed by atoms with Crippen LogP contribution in [-0.4, -0.2) is 39.0 Å². The number of Topliss-reactive ketones (excluding diaryl/α,β-unsaturated/α-hetero) is 1. The molecule has 0 saturated carbocycles. The summed E-state index contributed by atoms with van der Waals surface area (Å²) >= 11 is 0. The van der Waals surface area contributed by atoms with Crippen molar-refractivity contribution in [2.45, 2.75) is 32.6 Å².